The van der Waals surface area contributed by atoms with Crippen molar-refractivity contribution in [2.24, 2.45) is 12.5 Å². The van der Waals surface area contributed by atoms with E-state index in [9.17, 15) is 9.59 Å². The molecule has 0 bridgehead atoms. The Morgan fingerprint density at radius 3 is 2.92 bits per heavy atom. The molecule has 0 saturated carbocycles. The molecule has 3 heterocycles. The summed E-state index contributed by atoms with van der Waals surface area (Å²) >= 11 is 0. The van der Waals surface area contributed by atoms with E-state index in [4.69, 9.17) is 4.74 Å². The van der Waals surface area contributed by atoms with Crippen molar-refractivity contribution in [2.75, 3.05) is 39.9 Å². The highest BCUT2D eigenvalue weighted by Gasteiger charge is 2.42. The van der Waals surface area contributed by atoms with Crippen LogP contribution < -0.4 is 0 Å². The Morgan fingerprint density at radius 2 is 2.19 bits per heavy atom. The van der Waals surface area contributed by atoms with Crippen molar-refractivity contribution in [2.45, 2.75) is 38.5 Å². The summed E-state index contributed by atoms with van der Waals surface area (Å²) in [5, 5.41) is 4.16. The topological polar surface area (TPSA) is 67.7 Å². The predicted molar refractivity (Wildman–Crippen MR) is 97.5 cm³/mol. The molecule has 2 saturated heterocycles. The molecule has 26 heavy (non-hydrogen) atoms. The first-order valence-electron chi connectivity index (χ1n) is 9.53. The number of aryl methyl sites for hydroxylation is 2. The van der Waals surface area contributed by atoms with Crippen molar-refractivity contribution in [3.63, 3.8) is 0 Å². The van der Waals surface area contributed by atoms with Gasteiger partial charge in [-0.3, -0.25) is 14.3 Å². The van der Waals surface area contributed by atoms with Crippen LogP contribution in [-0.4, -0.2) is 71.3 Å². The highest BCUT2D eigenvalue weighted by atomic mass is 16.5. The number of aromatic nitrogens is 2. The Labute approximate surface area is 155 Å². The van der Waals surface area contributed by atoms with Gasteiger partial charge in [-0.2, -0.15) is 5.10 Å². The van der Waals surface area contributed by atoms with E-state index in [2.05, 4.69) is 5.10 Å². The largest absolute Gasteiger partial charge is 0.383 e. The number of hydrogen-bond acceptors (Lipinski definition) is 4. The Bertz CT molecular complexity index is 644. The van der Waals surface area contributed by atoms with Crippen molar-refractivity contribution in [3.05, 3.63) is 18.0 Å². The van der Waals surface area contributed by atoms with Gasteiger partial charge in [0.2, 0.25) is 11.8 Å². The second-order valence-corrected chi connectivity index (χ2v) is 7.75. The fourth-order valence-corrected chi connectivity index (χ4v) is 4.27. The lowest BCUT2D eigenvalue weighted by Gasteiger charge is -2.48. The minimum Gasteiger partial charge on any atom is -0.383 e. The lowest BCUT2D eigenvalue weighted by Crippen LogP contribution is -2.55. The lowest BCUT2D eigenvalue weighted by molar-refractivity contribution is -0.143. The molecule has 2 aliphatic heterocycles. The van der Waals surface area contributed by atoms with Gasteiger partial charge in [-0.05, 0) is 31.2 Å². The van der Waals surface area contributed by atoms with Crippen molar-refractivity contribution in [3.8, 4) is 0 Å². The molecule has 0 aromatic carbocycles. The summed E-state index contributed by atoms with van der Waals surface area (Å²) in [4.78, 5) is 28.9. The van der Waals surface area contributed by atoms with Crippen molar-refractivity contribution in [1.82, 2.24) is 19.6 Å². The average molecular weight is 362 g/mol. The minimum absolute atomic E-state index is 0.0594. The maximum absolute atomic E-state index is 12.7. The van der Waals surface area contributed by atoms with Crippen LogP contribution in [0.25, 0.3) is 0 Å². The molecule has 1 unspecified atom stereocenters. The van der Waals surface area contributed by atoms with Crippen LogP contribution in [0.1, 0.15) is 37.7 Å². The summed E-state index contributed by atoms with van der Waals surface area (Å²) in [6.45, 7) is 3.57. The first-order chi connectivity index (χ1) is 12.5. The number of nitrogens with zero attached hydrogens (tertiary/aromatic N) is 4. The Morgan fingerprint density at radius 1 is 1.35 bits per heavy atom. The number of piperidine rings is 2. The summed E-state index contributed by atoms with van der Waals surface area (Å²) in [5.41, 5.74) is 1.16. The monoisotopic (exact) mass is 362 g/mol. The third-order valence-electron chi connectivity index (χ3n) is 5.71. The molecule has 7 nitrogen and oxygen atoms in total. The van der Waals surface area contributed by atoms with Gasteiger partial charge in [0, 0.05) is 64.8 Å². The molecule has 2 fully saturated rings. The van der Waals surface area contributed by atoms with E-state index >= 15 is 0 Å². The third-order valence-corrected chi connectivity index (χ3v) is 5.71. The zero-order chi connectivity index (χ0) is 18.6. The summed E-state index contributed by atoms with van der Waals surface area (Å²) in [6.07, 6.45) is 8.63. The first kappa shape index (κ1) is 18.9. The Balaban J connectivity index is 1.57. The first-order valence-corrected chi connectivity index (χ1v) is 9.53. The van der Waals surface area contributed by atoms with Crippen LogP contribution in [-0.2, 0) is 27.8 Å². The molecule has 2 aliphatic rings. The molecule has 1 aromatic rings. The number of carbonyl (C=O) groups excluding carboxylic acids is 2. The van der Waals surface area contributed by atoms with Crippen LogP contribution in [0.5, 0.6) is 0 Å². The van der Waals surface area contributed by atoms with Crippen LogP contribution in [0.4, 0.5) is 0 Å². The van der Waals surface area contributed by atoms with E-state index in [0.29, 0.717) is 26.0 Å². The molecule has 1 spiro atoms. The van der Waals surface area contributed by atoms with Crippen LogP contribution >= 0.6 is 0 Å². The number of ether oxygens (including phenoxy) is 1. The number of rotatable bonds is 6. The second kappa shape index (κ2) is 8.20. The lowest BCUT2D eigenvalue weighted by atomic mass is 9.73. The average Bonchev–Trinajstić information content (AvgIpc) is 3.06. The number of carbonyl (C=O) groups is 2. The fraction of sp³-hybridized carbons (Fsp3) is 0.737. The van der Waals surface area contributed by atoms with E-state index in [1.807, 2.05) is 29.2 Å². The van der Waals surface area contributed by atoms with Gasteiger partial charge in [0.1, 0.15) is 0 Å². The van der Waals surface area contributed by atoms with Crippen molar-refractivity contribution >= 4 is 11.8 Å². The summed E-state index contributed by atoms with van der Waals surface area (Å²) < 4.78 is 6.91. The van der Waals surface area contributed by atoms with Crippen LogP contribution in [0.3, 0.4) is 0 Å². The number of likely N-dealkylation sites (tertiary alicyclic amines) is 2. The van der Waals surface area contributed by atoms with Gasteiger partial charge in [-0.1, -0.05) is 0 Å². The molecular weight excluding hydrogens is 332 g/mol. The van der Waals surface area contributed by atoms with Gasteiger partial charge >= 0.3 is 0 Å². The van der Waals surface area contributed by atoms with Gasteiger partial charge in [-0.25, -0.2) is 0 Å². The van der Waals surface area contributed by atoms with Crippen molar-refractivity contribution < 1.29 is 14.3 Å². The molecule has 0 N–H and O–H groups in total. The quantitative estimate of drug-likeness (QED) is 0.763. The van der Waals surface area contributed by atoms with Crippen LogP contribution in [0.2, 0.25) is 0 Å². The minimum atomic E-state index is 0.0594. The highest BCUT2D eigenvalue weighted by molar-refractivity contribution is 5.78. The van der Waals surface area contributed by atoms with Crippen molar-refractivity contribution in [1.29, 1.82) is 0 Å². The third kappa shape index (κ3) is 4.44. The Hall–Kier alpha value is -1.89. The number of hydrogen-bond donors (Lipinski definition) is 0. The maximum Gasteiger partial charge on any atom is 0.222 e. The molecule has 7 heteroatoms. The van der Waals surface area contributed by atoms with Crippen LogP contribution in [0.15, 0.2) is 12.4 Å². The van der Waals surface area contributed by atoms with Gasteiger partial charge < -0.3 is 14.5 Å². The molecule has 1 atom stereocenters. The summed E-state index contributed by atoms with van der Waals surface area (Å²) in [7, 11) is 3.55. The molecule has 144 valence electrons. The second-order valence-electron chi connectivity index (χ2n) is 7.75. The van der Waals surface area contributed by atoms with E-state index in [-0.39, 0.29) is 17.2 Å². The SMILES string of the molecule is COCCN1CC2(CCCN(C(=O)CCc3cnn(C)c3)C2)CCC1=O. The zero-order valence-electron chi connectivity index (χ0n) is 15.9. The van der Waals surface area contributed by atoms with E-state index in [1.54, 1.807) is 11.8 Å². The number of methoxy groups -OCH3 is 1. The summed E-state index contributed by atoms with van der Waals surface area (Å²) in [5.74, 6) is 0.431. The highest BCUT2D eigenvalue weighted by Crippen LogP contribution is 2.39. The number of amides is 2. The molecule has 2 amide bonds. The zero-order valence-corrected chi connectivity index (χ0v) is 15.9. The Kier molecular flexibility index (Phi) is 5.96. The van der Waals surface area contributed by atoms with E-state index in [1.165, 1.54) is 0 Å². The van der Waals surface area contributed by atoms with Gasteiger partial charge in [0.25, 0.3) is 0 Å². The fourth-order valence-electron chi connectivity index (χ4n) is 4.27. The molecule has 0 aliphatic carbocycles. The van der Waals surface area contributed by atoms with E-state index < -0.39 is 0 Å². The van der Waals surface area contributed by atoms with Gasteiger partial charge in [-0.15, -0.1) is 0 Å². The molecular formula is C19H30N4O3. The maximum atomic E-state index is 12.7. The van der Waals surface area contributed by atoms with Crippen LogP contribution in [0, 0.1) is 5.41 Å². The summed E-state index contributed by atoms with van der Waals surface area (Å²) in [6, 6.07) is 0. The molecule has 1 aromatic heterocycles. The molecule has 3 rings (SSSR count). The van der Waals surface area contributed by atoms with Gasteiger partial charge in [0.05, 0.1) is 12.8 Å². The van der Waals surface area contributed by atoms with Gasteiger partial charge in [0.15, 0.2) is 0 Å². The molecule has 0 radical (unpaired) electrons. The standard InChI is InChI=1S/C19H30N4O3/c1-21-13-16(12-20-21)4-5-17(24)22-9-3-7-19(14-22)8-6-18(25)23(15-19)10-11-26-2/h12-13H,3-11,14-15H2,1-2H3. The smallest absolute Gasteiger partial charge is 0.222 e. The predicted octanol–water partition coefficient (Wildman–Crippen LogP) is 1.23. The van der Waals surface area contributed by atoms with E-state index in [0.717, 1.165) is 50.9 Å². The normalized spacial score (nSPS) is 23.7.